The second-order valence-electron chi connectivity index (χ2n) is 6.82. The molecule has 0 N–H and O–H groups in total. The van der Waals surface area contributed by atoms with Crippen molar-refractivity contribution in [2.24, 2.45) is 0 Å². The zero-order chi connectivity index (χ0) is 19.2. The molecular formula is C22H29N3O2. The van der Waals surface area contributed by atoms with Crippen molar-refractivity contribution < 1.29 is 9.53 Å². The molecule has 0 aliphatic heterocycles. The number of hydrogen-bond acceptors (Lipinski definition) is 3. The molecule has 1 aromatic carbocycles. The highest BCUT2D eigenvalue weighted by atomic mass is 16.5. The number of fused-ring (bicyclic) bond motifs is 1. The summed E-state index contributed by atoms with van der Waals surface area (Å²) in [5.74, 6) is -0.304. The summed E-state index contributed by atoms with van der Waals surface area (Å²) in [5.41, 5.74) is 3.65. The first kappa shape index (κ1) is 19.2. The van der Waals surface area contributed by atoms with E-state index in [4.69, 9.17) is 9.84 Å². The Labute approximate surface area is 160 Å². The van der Waals surface area contributed by atoms with Crippen molar-refractivity contribution >= 4 is 16.9 Å². The normalized spacial score (nSPS) is 11.2. The number of hydrogen-bond donors (Lipinski definition) is 0. The fraction of sp³-hybridized carbons (Fsp3) is 0.455. The highest BCUT2D eigenvalue weighted by Crippen LogP contribution is 2.31. The smallest absolute Gasteiger partial charge is 0.356 e. The standard InChI is InChI=1S/C22H29N3O2/c1-4-7-13-24-16-18(17-11-9-10-12-20(17)24)19-15-21(22(26)27-6-3)25(23-19)14-8-5-2/h9-12,15-16H,4-8,13-14H2,1-3H3. The lowest BCUT2D eigenvalue weighted by Gasteiger charge is -2.05. The fourth-order valence-corrected chi connectivity index (χ4v) is 3.36. The van der Waals surface area contributed by atoms with Gasteiger partial charge in [-0.3, -0.25) is 4.68 Å². The number of ether oxygens (including phenoxy) is 1. The van der Waals surface area contributed by atoms with E-state index in [1.807, 2.05) is 13.0 Å². The summed E-state index contributed by atoms with van der Waals surface area (Å²) in [6.07, 6.45) is 6.49. The Morgan fingerprint density at radius 1 is 1.07 bits per heavy atom. The van der Waals surface area contributed by atoms with Crippen molar-refractivity contribution in [2.75, 3.05) is 6.61 Å². The van der Waals surface area contributed by atoms with Crippen LogP contribution in [0.3, 0.4) is 0 Å². The van der Waals surface area contributed by atoms with Crippen molar-refractivity contribution in [1.29, 1.82) is 0 Å². The Bertz CT molecular complexity index is 908. The number of para-hydroxylation sites is 1. The van der Waals surface area contributed by atoms with Crippen LogP contribution in [0.25, 0.3) is 22.2 Å². The van der Waals surface area contributed by atoms with E-state index in [1.54, 1.807) is 4.68 Å². The molecule has 0 amide bonds. The predicted octanol–water partition coefficient (Wildman–Crippen LogP) is 5.28. The third-order valence-corrected chi connectivity index (χ3v) is 4.81. The molecule has 0 saturated carbocycles. The second kappa shape index (κ2) is 8.89. The molecule has 0 atom stereocenters. The first-order chi connectivity index (χ1) is 13.2. The van der Waals surface area contributed by atoms with Gasteiger partial charge in [0.15, 0.2) is 0 Å². The van der Waals surface area contributed by atoms with Crippen molar-refractivity contribution in [3.8, 4) is 11.3 Å². The number of carbonyl (C=O) groups excluding carboxylic acids is 1. The number of aryl methyl sites for hydroxylation is 2. The van der Waals surface area contributed by atoms with Crippen LogP contribution < -0.4 is 0 Å². The SMILES string of the molecule is CCCCn1nc(-c2cn(CCCC)c3ccccc23)cc1C(=O)OCC. The first-order valence-electron chi connectivity index (χ1n) is 10.0. The van der Waals surface area contributed by atoms with Crippen LogP contribution in [-0.2, 0) is 17.8 Å². The molecule has 2 heterocycles. The molecule has 2 aromatic heterocycles. The van der Waals surface area contributed by atoms with Crippen molar-refractivity contribution in [3.63, 3.8) is 0 Å². The lowest BCUT2D eigenvalue weighted by Crippen LogP contribution is -2.13. The maximum atomic E-state index is 12.4. The topological polar surface area (TPSA) is 49.0 Å². The highest BCUT2D eigenvalue weighted by molar-refractivity contribution is 5.97. The van der Waals surface area contributed by atoms with Crippen LogP contribution in [0.4, 0.5) is 0 Å². The molecule has 3 aromatic rings. The zero-order valence-corrected chi connectivity index (χ0v) is 16.6. The quantitative estimate of drug-likeness (QED) is 0.483. The number of nitrogens with zero attached hydrogens (tertiary/aromatic N) is 3. The Morgan fingerprint density at radius 2 is 1.81 bits per heavy atom. The third kappa shape index (κ3) is 4.07. The van der Waals surface area contributed by atoms with Crippen LogP contribution in [0.15, 0.2) is 36.5 Å². The Kier molecular flexibility index (Phi) is 6.32. The summed E-state index contributed by atoms with van der Waals surface area (Å²) in [6, 6.07) is 10.3. The Hall–Kier alpha value is -2.56. The average molecular weight is 367 g/mol. The molecule has 3 rings (SSSR count). The van der Waals surface area contributed by atoms with Gasteiger partial charge in [-0.25, -0.2) is 4.79 Å². The lowest BCUT2D eigenvalue weighted by molar-refractivity contribution is 0.0511. The second-order valence-corrected chi connectivity index (χ2v) is 6.82. The maximum Gasteiger partial charge on any atom is 0.356 e. The summed E-state index contributed by atoms with van der Waals surface area (Å²) in [7, 11) is 0. The number of aromatic nitrogens is 3. The third-order valence-electron chi connectivity index (χ3n) is 4.81. The predicted molar refractivity (Wildman–Crippen MR) is 109 cm³/mol. The van der Waals surface area contributed by atoms with Crippen LogP contribution in [0, 0.1) is 0 Å². The summed E-state index contributed by atoms with van der Waals surface area (Å²) in [5, 5.41) is 5.94. The van der Waals surface area contributed by atoms with Gasteiger partial charge in [0.25, 0.3) is 0 Å². The van der Waals surface area contributed by atoms with E-state index < -0.39 is 0 Å². The van der Waals surface area contributed by atoms with Gasteiger partial charge < -0.3 is 9.30 Å². The molecule has 0 bridgehead atoms. The van der Waals surface area contributed by atoms with E-state index in [0.29, 0.717) is 12.3 Å². The van der Waals surface area contributed by atoms with E-state index in [-0.39, 0.29) is 5.97 Å². The van der Waals surface area contributed by atoms with E-state index in [0.717, 1.165) is 50.0 Å². The molecule has 0 spiro atoms. The monoisotopic (exact) mass is 367 g/mol. The van der Waals surface area contributed by atoms with Gasteiger partial charge in [0, 0.05) is 35.8 Å². The van der Waals surface area contributed by atoms with Crippen LogP contribution >= 0.6 is 0 Å². The zero-order valence-electron chi connectivity index (χ0n) is 16.6. The fourth-order valence-electron chi connectivity index (χ4n) is 3.36. The maximum absolute atomic E-state index is 12.4. The lowest BCUT2D eigenvalue weighted by atomic mass is 10.1. The summed E-state index contributed by atoms with van der Waals surface area (Å²) in [6.45, 7) is 8.23. The van der Waals surface area contributed by atoms with Gasteiger partial charge in [-0.1, -0.05) is 44.9 Å². The van der Waals surface area contributed by atoms with Crippen LogP contribution in [0.1, 0.15) is 56.9 Å². The van der Waals surface area contributed by atoms with E-state index in [2.05, 4.69) is 48.9 Å². The molecule has 5 nitrogen and oxygen atoms in total. The largest absolute Gasteiger partial charge is 0.461 e. The number of carbonyl (C=O) groups is 1. The van der Waals surface area contributed by atoms with Gasteiger partial charge in [-0.2, -0.15) is 5.10 Å². The number of benzene rings is 1. The van der Waals surface area contributed by atoms with E-state index >= 15 is 0 Å². The van der Waals surface area contributed by atoms with Crippen LogP contribution in [0.2, 0.25) is 0 Å². The molecule has 0 aliphatic carbocycles. The number of rotatable bonds is 9. The van der Waals surface area contributed by atoms with Crippen molar-refractivity contribution in [3.05, 3.63) is 42.2 Å². The molecule has 0 unspecified atom stereocenters. The molecule has 144 valence electrons. The number of esters is 1. The van der Waals surface area contributed by atoms with Gasteiger partial charge in [0.2, 0.25) is 0 Å². The molecule has 5 heteroatoms. The first-order valence-corrected chi connectivity index (χ1v) is 10.0. The van der Waals surface area contributed by atoms with Crippen molar-refractivity contribution in [2.45, 2.75) is 59.5 Å². The minimum atomic E-state index is -0.304. The molecular weight excluding hydrogens is 338 g/mol. The van der Waals surface area contributed by atoms with Gasteiger partial charge >= 0.3 is 5.97 Å². The molecule has 0 fully saturated rings. The molecule has 0 radical (unpaired) electrons. The summed E-state index contributed by atoms with van der Waals surface area (Å²) >= 11 is 0. The Balaban J connectivity index is 2.06. The van der Waals surface area contributed by atoms with Gasteiger partial charge in [0.05, 0.1) is 12.3 Å². The summed E-state index contributed by atoms with van der Waals surface area (Å²) < 4.78 is 9.33. The van der Waals surface area contributed by atoms with E-state index in [1.165, 1.54) is 10.9 Å². The van der Waals surface area contributed by atoms with Crippen LogP contribution in [-0.4, -0.2) is 26.9 Å². The Morgan fingerprint density at radius 3 is 2.56 bits per heavy atom. The van der Waals surface area contributed by atoms with Gasteiger partial charge in [0.1, 0.15) is 5.69 Å². The van der Waals surface area contributed by atoms with Crippen molar-refractivity contribution in [1.82, 2.24) is 14.3 Å². The summed E-state index contributed by atoms with van der Waals surface area (Å²) in [4.78, 5) is 12.4. The number of unbranched alkanes of at least 4 members (excludes halogenated alkanes) is 2. The van der Waals surface area contributed by atoms with E-state index in [9.17, 15) is 4.79 Å². The molecule has 27 heavy (non-hydrogen) atoms. The minimum absolute atomic E-state index is 0.304. The highest BCUT2D eigenvalue weighted by Gasteiger charge is 2.19. The average Bonchev–Trinajstić information content (AvgIpc) is 3.26. The molecule has 0 saturated heterocycles. The van der Waals surface area contributed by atoms with Gasteiger partial charge in [-0.05, 0) is 31.9 Å². The van der Waals surface area contributed by atoms with Gasteiger partial charge in [-0.15, -0.1) is 0 Å². The minimum Gasteiger partial charge on any atom is -0.461 e. The van der Waals surface area contributed by atoms with Crippen LogP contribution in [0.5, 0.6) is 0 Å². The molecule has 0 aliphatic rings.